The SMILES string of the molecule is C[C@H]1CCCC[C@@H]1OCCN(Cc1ccc(C(=O)NC2CC2)cc1)C1CC1. The number of amides is 1. The van der Waals surface area contributed by atoms with Gasteiger partial charge in [0.2, 0.25) is 0 Å². The Morgan fingerprint density at radius 2 is 1.81 bits per heavy atom. The lowest BCUT2D eigenvalue weighted by Crippen LogP contribution is -2.33. The van der Waals surface area contributed by atoms with Gasteiger partial charge in [0.25, 0.3) is 5.91 Å². The highest BCUT2D eigenvalue weighted by atomic mass is 16.5. The minimum absolute atomic E-state index is 0.0677. The van der Waals surface area contributed by atoms with Crippen LogP contribution >= 0.6 is 0 Å². The average molecular weight is 371 g/mol. The first-order valence-corrected chi connectivity index (χ1v) is 10.9. The number of hydrogen-bond acceptors (Lipinski definition) is 3. The van der Waals surface area contributed by atoms with E-state index in [1.165, 1.54) is 44.1 Å². The van der Waals surface area contributed by atoms with E-state index in [1.807, 2.05) is 12.1 Å². The predicted octanol–water partition coefficient (Wildman–Crippen LogP) is 4.14. The lowest BCUT2D eigenvalue weighted by molar-refractivity contribution is -0.0153. The third-order valence-corrected chi connectivity index (χ3v) is 6.32. The van der Waals surface area contributed by atoms with Crippen LogP contribution in [0.15, 0.2) is 24.3 Å². The zero-order valence-electron chi connectivity index (χ0n) is 16.7. The van der Waals surface area contributed by atoms with Gasteiger partial charge in [-0.25, -0.2) is 0 Å². The summed E-state index contributed by atoms with van der Waals surface area (Å²) in [6.07, 6.45) is 10.6. The quantitative estimate of drug-likeness (QED) is 0.710. The second-order valence-electron chi connectivity index (χ2n) is 8.82. The van der Waals surface area contributed by atoms with Crippen molar-refractivity contribution in [2.45, 2.75) is 83.0 Å². The molecule has 4 nitrogen and oxygen atoms in total. The summed E-state index contributed by atoms with van der Waals surface area (Å²) in [5.41, 5.74) is 2.06. The lowest BCUT2D eigenvalue weighted by atomic mass is 9.88. The van der Waals surface area contributed by atoms with Crippen molar-refractivity contribution >= 4 is 5.91 Å². The van der Waals surface area contributed by atoms with Gasteiger partial charge in [-0.15, -0.1) is 0 Å². The minimum atomic E-state index is 0.0677. The average Bonchev–Trinajstić information content (AvgIpc) is 3.57. The molecule has 2 atom stereocenters. The lowest BCUT2D eigenvalue weighted by Gasteiger charge is -2.30. The van der Waals surface area contributed by atoms with Crippen LogP contribution in [-0.4, -0.2) is 42.1 Å². The Morgan fingerprint density at radius 3 is 2.48 bits per heavy atom. The smallest absolute Gasteiger partial charge is 0.251 e. The molecule has 0 spiro atoms. The van der Waals surface area contributed by atoms with Crippen LogP contribution in [0.1, 0.15) is 74.2 Å². The Balaban J connectivity index is 1.26. The van der Waals surface area contributed by atoms with E-state index in [2.05, 4.69) is 29.3 Å². The summed E-state index contributed by atoms with van der Waals surface area (Å²) in [7, 11) is 0. The molecule has 0 radical (unpaired) electrons. The molecule has 3 aliphatic rings. The first-order chi connectivity index (χ1) is 13.2. The molecule has 1 aromatic rings. The van der Waals surface area contributed by atoms with Crippen molar-refractivity contribution in [2.24, 2.45) is 5.92 Å². The Bertz CT molecular complexity index is 622. The Kier molecular flexibility index (Phi) is 6.14. The standard InChI is InChI=1S/C23H34N2O2/c1-17-4-2-3-5-22(17)27-15-14-25(21-12-13-21)16-18-6-8-19(9-7-18)23(26)24-20-10-11-20/h6-9,17,20-22H,2-5,10-16H2,1H3,(H,24,26)/t17-,22-/m0/s1. The number of nitrogens with zero attached hydrogens (tertiary/aromatic N) is 1. The molecule has 0 unspecified atom stereocenters. The topological polar surface area (TPSA) is 41.6 Å². The molecule has 0 aromatic heterocycles. The molecule has 0 bridgehead atoms. The molecule has 3 saturated carbocycles. The van der Waals surface area contributed by atoms with Gasteiger partial charge in [-0.2, -0.15) is 0 Å². The summed E-state index contributed by atoms with van der Waals surface area (Å²) in [4.78, 5) is 14.7. The zero-order valence-corrected chi connectivity index (χ0v) is 16.7. The predicted molar refractivity (Wildman–Crippen MR) is 108 cm³/mol. The molecule has 1 N–H and O–H groups in total. The van der Waals surface area contributed by atoms with Crippen LogP contribution in [0, 0.1) is 5.92 Å². The van der Waals surface area contributed by atoms with Crippen LogP contribution in [0.2, 0.25) is 0 Å². The Hall–Kier alpha value is -1.39. The number of ether oxygens (including phenoxy) is 1. The summed E-state index contributed by atoms with van der Waals surface area (Å²) < 4.78 is 6.24. The van der Waals surface area contributed by atoms with Gasteiger partial charge in [-0.1, -0.05) is 31.9 Å². The monoisotopic (exact) mass is 370 g/mol. The van der Waals surface area contributed by atoms with Gasteiger partial charge in [0, 0.05) is 30.7 Å². The molecule has 4 heteroatoms. The highest BCUT2D eigenvalue weighted by Crippen LogP contribution is 2.29. The highest BCUT2D eigenvalue weighted by Gasteiger charge is 2.29. The summed E-state index contributed by atoms with van der Waals surface area (Å²) in [6, 6.07) is 9.30. The Morgan fingerprint density at radius 1 is 1.07 bits per heavy atom. The Labute approximate surface area is 163 Å². The van der Waals surface area contributed by atoms with Crippen LogP contribution in [0.4, 0.5) is 0 Å². The second kappa shape index (κ2) is 8.74. The van der Waals surface area contributed by atoms with Crippen molar-refractivity contribution in [1.82, 2.24) is 10.2 Å². The van der Waals surface area contributed by atoms with Crippen LogP contribution < -0.4 is 5.32 Å². The fourth-order valence-electron chi connectivity index (χ4n) is 4.17. The van der Waals surface area contributed by atoms with Gasteiger partial charge in [0.05, 0.1) is 12.7 Å². The van der Waals surface area contributed by atoms with Crippen molar-refractivity contribution in [1.29, 1.82) is 0 Å². The second-order valence-corrected chi connectivity index (χ2v) is 8.82. The third kappa shape index (κ3) is 5.55. The van der Waals surface area contributed by atoms with E-state index >= 15 is 0 Å². The van der Waals surface area contributed by atoms with Gasteiger partial charge in [0.1, 0.15) is 0 Å². The molecule has 148 valence electrons. The zero-order chi connectivity index (χ0) is 18.6. The van der Waals surface area contributed by atoms with E-state index in [4.69, 9.17) is 4.74 Å². The minimum Gasteiger partial charge on any atom is -0.377 e. The fraction of sp³-hybridized carbons (Fsp3) is 0.696. The van der Waals surface area contributed by atoms with Crippen molar-refractivity contribution in [3.63, 3.8) is 0 Å². The molecule has 3 fully saturated rings. The largest absolute Gasteiger partial charge is 0.377 e. The summed E-state index contributed by atoms with van der Waals surface area (Å²) in [6.45, 7) is 5.15. The van der Waals surface area contributed by atoms with E-state index in [0.29, 0.717) is 18.1 Å². The molecular weight excluding hydrogens is 336 g/mol. The van der Waals surface area contributed by atoms with Crippen molar-refractivity contribution in [3.05, 3.63) is 35.4 Å². The van der Waals surface area contributed by atoms with Crippen molar-refractivity contribution in [2.75, 3.05) is 13.2 Å². The van der Waals surface area contributed by atoms with Crippen molar-refractivity contribution in [3.8, 4) is 0 Å². The van der Waals surface area contributed by atoms with Crippen LogP contribution in [0.5, 0.6) is 0 Å². The molecule has 27 heavy (non-hydrogen) atoms. The molecule has 1 aromatic carbocycles. The number of rotatable bonds is 9. The molecular formula is C23H34N2O2. The van der Waals surface area contributed by atoms with E-state index in [9.17, 15) is 4.79 Å². The number of carbonyl (C=O) groups excluding carboxylic acids is 1. The third-order valence-electron chi connectivity index (χ3n) is 6.32. The first-order valence-electron chi connectivity index (χ1n) is 10.9. The van der Waals surface area contributed by atoms with Crippen LogP contribution in [0.25, 0.3) is 0 Å². The highest BCUT2D eigenvalue weighted by molar-refractivity contribution is 5.94. The van der Waals surface area contributed by atoms with E-state index in [0.717, 1.165) is 44.1 Å². The molecule has 4 rings (SSSR count). The first kappa shape index (κ1) is 18.9. The number of benzene rings is 1. The van der Waals surface area contributed by atoms with Gasteiger partial charge in [0.15, 0.2) is 0 Å². The maximum atomic E-state index is 12.1. The molecule has 1 amide bonds. The molecule has 0 heterocycles. The van der Waals surface area contributed by atoms with Gasteiger partial charge in [-0.3, -0.25) is 9.69 Å². The van der Waals surface area contributed by atoms with Gasteiger partial charge in [-0.05, 0) is 62.1 Å². The molecule has 0 aliphatic heterocycles. The van der Waals surface area contributed by atoms with Gasteiger partial charge < -0.3 is 10.1 Å². The molecule has 3 aliphatic carbocycles. The van der Waals surface area contributed by atoms with E-state index < -0.39 is 0 Å². The normalized spacial score (nSPS) is 25.6. The number of carbonyl (C=O) groups is 1. The maximum Gasteiger partial charge on any atom is 0.251 e. The summed E-state index contributed by atoms with van der Waals surface area (Å²) in [5, 5.41) is 3.06. The fourth-order valence-corrected chi connectivity index (χ4v) is 4.17. The van der Waals surface area contributed by atoms with E-state index in [1.54, 1.807) is 0 Å². The number of nitrogens with one attached hydrogen (secondary N) is 1. The summed E-state index contributed by atoms with van der Waals surface area (Å²) in [5.74, 6) is 0.778. The summed E-state index contributed by atoms with van der Waals surface area (Å²) >= 11 is 0. The van der Waals surface area contributed by atoms with Gasteiger partial charge >= 0.3 is 0 Å². The van der Waals surface area contributed by atoms with Crippen LogP contribution in [-0.2, 0) is 11.3 Å². The number of hydrogen-bond donors (Lipinski definition) is 1. The van der Waals surface area contributed by atoms with E-state index in [-0.39, 0.29) is 5.91 Å². The maximum absolute atomic E-state index is 12.1. The van der Waals surface area contributed by atoms with Crippen LogP contribution in [0.3, 0.4) is 0 Å². The molecule has 0 saturated heterocycles. The van der Waals surface area contributed by atoms with Crippen molar-refractivity contribution < 1.29 is 9.53 Å².